The molecule has 35 heavy (non-hydrogen) atoms. The molecular formula is C28H34N2O5. The van der Waals surface area contributed by atoms with Crippen molar-refractivity contribution < 1.29 is 24.2 Å². The van der Waals surface area contributed by atoms with Crippen LogP contribution in [-0.2, 0) is 25.5 Å². The van der Waals surface area contributed by atoms with Gasteiger partial charge in [-0.3, -0.25) is 14.4 Å². The first-order chi connectivity index (χ1) is 17.0. The highest BCUT2D eigenvalue weighted by atomic mass is 16.5. The van der Waals surface area contributed by atoms with Crippen molar-refractivity contribution in [3.63, 3.8) is 0 Å². The molecule has 3 unspecified atom stereocenters. The Labute approximate surface area is 206 Å². The SMILES string of the molecule is O=C(CC1CC=CCCCC(=O)OCC(c2ccccc2)NC1=O)NC(CO)Cc1ccccc1. The molecule has 0 bridgehead atoms. The third-order valence-electron chi connectivity index (χ3n) is 5.98. The Hall–Kier alpha value is -3.45. The van der Waals surface area contributed by atoms with Gasteiger partial charge in [-0.25, -0.2) is 0 Å². The summed E-state index contributed by atoms with van der Waals surface area (Å²) in [5, 5.41) is 15.6. The van der Waals surface area contributed by atoms with E-state index in [2.05, 4.69) is 10.6 Å². The van der Waals surface area contributed by atoms with Crippen molar-refractivity contribution in [3.05, 3.63) is 83.9 Å². The van der Waals surface area contributed by atoms with E-state index in [1.165, 1.54) is 0 Å². The monoisotopic (exact) mass is 478 g/mol. The molecule has 0 saturated carbocycles. The van der Waals surface area contributed by atoms with Crippen LogP contribution in [0.3, 0.4) is 0 Å². The number of hydrogen-bond acceptors (Lipinski definition) is 5. The van der Waals surface area contributed by atoms with Crippen LogP contribution in [0.25, 0.3) is 0 Å². The van der Waals surface area contributed by atoms with E-state index in [4.69, 9.17) is 4.74 Å². The van der Waals surface area contributed by atoms with Crippen LogP contribution < -0.4 is 10.6 Å². The zero-order chi connectivity index (χ0) is 24.9. The number of amides is 2. The number of rotatable bonds is 7. The van der Waals surface area contributed by atoms with Gasteiger partial charge in [0.2, 0.25) is 11.8 Å². The van der Waals surface area contributed by atoms with Crippen LogP contribution in [0.5, 0.6) is 0 Å². The number of cyclic esters (lactones) is 1. The molecule has 0 fully saturated rings. The molecule has 7 heteroatoms. The van der Waals surface area contributed by atoms with Gasteiger partial charge in [-0.2, -0.15) is 0 Å². The lowest BCUT2D eigenvalue weighted by atomic mass is 9.97. The van der Waals surface area contributed by atoms with E-state index in [0.717, 1.165) is 11.1 Å². The minimum absolute atomic E-state index is 0.0112. The molecule has 2 amide bonds. The van der Waals surface area contributed by atoms with Gasteiger partial charge < -0.3 is 20.5 Å². The van der Waals surface area contributed by atoms with E-state index in [1.54, 1.807) is 0 Å². The van der Waals surface area contributed by atoms with Crippen molar-refractivity contribution in [2.75, 3.05) is 13.2 Å². The summed E-state index contributed by atoms with van der Waals surface area (Å²) in [5.74, 6) is -1.46. The summed E-state index contributed by atoms with van der Waals surface area (Å²) in [5.41, 5.74) is 1.83. The highest BCUT2D eigenvalue weighted by Gasteiger charge is 2.26. The highest BCUT2D eigenvalue weighted by Crippen LogP contribution is 2.18. The Balaban J connectivity index is 1.69. The first-order valence-electron chi connectivity index (χ1n) is 12.1. The van der Waals surface area contributed by atoms with Gasteiger partial charge in [-0.15, -0.1) is 0 Å². The lowest BCUT2D eigenvalue weighted by Crippen LogP contribution is -2.42. The number of allylic oxidation sites excluding steroid dienone is 2. The first-order valence-corrected chi connectivity index (χ1v) is 12.1. The Morgan fingerprint density at radius 3 is 2.49 bits per heavy atom. The topological polar surface area (TPSA) is 105 Å². The van der Waals surface area contributed by atoms with Crippen LogP contribution in [0, 0.1) is 5.92 Å². The summed E-state index contributed by atoms with van der Waals surface area (Å²) < 4.78 is 5.43. The second-order valence-corrected chi connectivity index (χ2v) is 8.79. The molecule has 1 heterocycles. The van der Waals surface area contributed by atoms with E-state index >= 15 is 0 Å². The Morgan fingerprint density at radius 2 is 1.77 bits per heavy atom. The molecule has 2 aromatic carbocycles. The van der Waals surface area contributed by atoms with Crippen molar-refractivity contribution in [1.29, 1.82) is 0 Å². The normalized spacial score (nSPS) is 20.4. The minimum atomic E-state index is -0.593. The van der Waals surface area contributed by atoms with Gasteiger partial charge in [0.15, 0.2) is 0 Å². The molecule has 2 aromatic rings. The number of benzene rings is 2. The Morgan fingerprint density at radius 1 is 1.06 bits per heavy atom. The number of hydrogen-bond donors (Lipinski definition) is 3. The molecule has 0 radical (unpaired) electrons. The van der Waals surface area contributed by atoms with E-state index in [1.807, 2.05) is 72.8 Å². The lowest BCUT2D eigenvalue weighted by Gasteiger charge is -2.23. The standard InChI is InChI=1S/C28H34N2O5/c31-19-24(17-21-11-5-3-6-12-21)29-26(32)18-23-15-7-1-2-10-16-27(33)35-20-25(30-28(23)34)22-13-8-4-9-14-22/h1,3-9,11-14,23-25,31H,2,10,15-20H2,(H,29,32)(H,30,34). The van der Waals surface area contributed by atoms with Crippen LogP contribution in [0.4, 0.5) is 0 Å². The number of carbonyl (C=O) groups is 3. The van der Waals surface area contributed by atoms with Crippen molar-refractivity contribution in [2.24, 2.45) is 5.92 Å². The van der Waals surface area contributed by atoms with Crippen molar-refractivity contribution >= 4 is 17.8 Å². The van der Waals surface area contributed by atoms with E-state index in [0.29, 0.717) is 32.1 Å². The van der Waals surface area contributed by atoms with Crippen LogP contribution in [-0.4, -0.2) is 42.1 Å². The zero-order valence-electron chi connectivity index (χ0n) is 19.9. The summed E-state index contributed by atoms with van der Waals surface area (Å²) in [6, 6.07) is 18.0. The average Bonchev–Trinajstić information content (AvgIpc) is 2.89. The smallest absolute Gasteiger partial charge is 0.305 e. The maximum absolute atomic E-state index is 13.2. The van der Waals surface area contributed by atoms with Crippen LogP contribution >= 0.6 is 0 Å². The molecule has 1 aliphatic heterocycles. The van der Waals surface area contributed by atoms with Gasteiger partial charge in [-0.1, -0.05) is 72.8 Å². The number of esters is 1. The summed E-state index contributed by atoms with van der Waals surface area (Å²) in [4.78, 5) is 38.2. The predicted octanol–water partition coefficient (Wildman–Crippen LogP) is 3.24. The van der Waals surface area contributed by atoms with E-state index < -0.39 is 18.0 Å². The number of aliphatic hydroxyl groups is 1. The van der Waals surface area contributed by atoms with Gasteiger partial charge in [-0.05, 0) is 36.8 Å². The van der Waals surface area contributed by atoms with Gasteiger partial charge in [0.05, 0.1) is 24.6 Å². The van der Waals surface area contributed by atoms with Crippen molar-refractivity contribution in [3.8, 4) is 0 Å². The molecule has 3 N–H and O–H groups in total. The molecule has 3 atom stereocenters. The second-order valence-electron chi connectivity index (χ2n) is 8.79. The van der Waals surface area contributed by atoms with Crippen LogP contribution in [0.2, 0.25) is 0 Å². The fourth-order valence-electron chi connectivity index (χ4n) is 4.04. The largest absolute Gasteiger partial charge is 0.463 e. The third kappa shape index (κ3) is 9.02. The molecule has 186 valence electrons. The van der Waals surface area contributed by atoms with E-state index in [-0.39, 0.29) is 37.4 Å². The molecule has 3 rings (SSSR count). The first kappa shape index (κ1) is 26.2. The quantitative estimate of drug-likeness (QED) is 0.419. The van der Waals surface area contributed by atoms with Gasteiger partial charge >= 0.3 is 5.97 Å². The van der Waals surface area contributed by atoms with Gasteiger partial charge in [0.25, 0.3) is 0 Å². The fourth-order valence-corrected chi connectivity index (χ4v) is 4.04. The lowest BCUT2D eigenvalue weighted by molar-refractivity contribution is -0.145. The molecule has 0 spiro atoms. The number of aliphatic hydroxyl groups excluding tert-OH is 1. The summed E-state index contributed by atoms with van der Waals surface area (Å²) >= 11 is 0. The second kappa shape index (κ2) is 14.1. The predicted molar refractivity (Wildman–Crippen MR) is 133 cm³/mol. The summed E-state index contributed by atoms with van der Waals surface area (Å²) in [6.07, 6.45) is 6.39. The Kier molecular flexibility index (Phi) is 10.5. The molecular weight excluding hydrogens is 444 g/mol. The average molecular weight is 479 g/mol. The molecule has 1 aliphatic rings. The molecule has 7 nitrogen and oxygen atoms in total. The Bertz CT molecular complexity index is 977. The van der Waals surface area contributed by atoms with Crippen LogP contribution in [0.1, 0.15) is 49.3 Å². The number of carbonyl (C=O) groups excluding carboxylic acids is 3. The summed E-state index contributed by atoms with van der Waals surface area (Å²) in [7, 11) is 0. The summed E-state index contributed by atoms with van der Waals surface area (Å²) in [6.45, 7) is -0.163. The molecule has 0 aliphatic carbocycles. The minimum Gasteiger partial charge on any atom is -0.463 e. The fraction of sp³-hybridized carbons (Fsp3) is 0.393. The van der Waals surface area contributed by atoms with Crippen LogP contribution in [0.15, 0.2) is 72.8 Å². The maximum Gasteiger partial charge on any atom is 0.305 e. The van der Waals surface area contributed by atoms with E-state index in [9.17, 15) is 19.5 Å². The number of nitrogens with one attached hydrogen (secondary N) is 2. The van der Waals surface area contributed by atoms with Gasteiger partial charge in [0, 0.05) is 12.8 Å². The molecule has 0 aromatic heterocycles. The highest BCUT2D eigenvalue weighted by molar-refractivity contribution is 5.86. The molecule has 0 saturated heterocycles. The zero-order valence-corrected chi connectivity index (χ0v) is 19.9. The third-order valence-corrected chi connectivity index (χ3v) is 5.98. The van der Waals surface area contributed by atoms with Gasteiger partial charge in [0.1, 0.15) is 6.61 Å². The van der Waals surface area contributed by atoms with Crippen molar-refractivity contribution in [1.82, 2.24) is 10.6 Å². The number of ether oxygens (including phenoxy) is 1. The maximum atomic E-state index is 13.2. The van der Waals surface area contributed by atoms with Crippen molar-refractivity contribution in [2.45, 2.75) is 50.6 Å².